The van der Waals surface area contributed by atoms with Crippen LogP contribution < -0.4 is 0 Å². The molecule has 0 radical (unpaired) electrons. The maximum atomic E-state index is 12.2. The van der Waals surface area contributed by atoms with Gasteiger partial charge in [-0.3, -0.25) is 14.9 Å². The number of rotatable bonds is 6. The Balaban J connectivity index is 2.17. The number of furan rings is 1. The molecule has 0 saturated carbocycles. The molecule has 1 aromatic heterocycles. The van der Waals surface area contributed by atoms with E-state index in [0.29, 0.717) is 4.90 Å². The lowest BCUT2D eigenvalue weighted by atomic mass is 10.0. The first-order valence-corrected chi connectivity index (χ1v) is 6.87. The van der Waals surface area contributed by atoms with Gasteiger partial charge in [0.05, 0.1) is 12.3 Å². The lowest BCUT2D eigenvalue weighted by molar-refractivity contribution is -0.402. The highest BCUT2D eigenvalue weighted by molar-refractivity contribution is 6.05. The Hall–Kier alpha value is -3.24. The average Bonchev–Trinajstić information content (AvgIpc) is 3.05. The highest BCUT2D eigenvalue weighted by Gasteiger charge is 2.44. The van der Waals surface area contributed by atoms with Crippen LogP contribution in [0.2, 0.25) is 0 Å². The van der Waals surface area contributed by atoms with Crippen LogP contribution in [-0.2, 0) is 9.59 Å². The van der Waals surface area contributed by atoms with E-state index < -0.39 is 47.2 Å². The molecular weight excluding hydrogens is 324 g/mol. The van der Waals surface area contributed by atoms with Gasteiger partial charge in [0, 0.05) is 0 Å². The SMILES string of the molecule is CC(C)C(C(=O)O)N1C(=O)CN(N=Cc2ccc([N+](=O)[O-])o2)C1=O. The Morgan fingerprint density at radius 1 is 1.46 bits per heavy atom. The van der Waals surface area contributed by atoms with Crippen molar-refractivity contribution < 1.29 is 28.8 Å². The van der Waals surface area contributed by atoms with Crippen molar-refractivity contribution in [3.63, 3.8) is 0 Å². The first kappa shape index (κ1) is 17.1. The molecule has 2 rings (SSSR count). The number of carbonyl (C=O) groups excluding carboxylic acids is 2. The van der Waals surface area contributed by atoms with Crippen molar-refractivity contribution >= 4 is 30.0 Å². The van der Waals surface area contributed by atoms with Crippen molar-refractivity contribution in [1.29, 1.82) is 0 Å². The summed E-state index contributed by atoms with van der Waals surface area (Å²) in [4.78, 5) is 45.9. The molecule has 24 heavy (non-hydrogen) atoms. The van der Waals surface area contributed by atoms with E-state index in [4.69, 9.17) is 4.42 Å². The lowest BCUT2D eigenvalue weighted by Crippen LogP contribution is -2.48. The molecule has 128 valence electrons. The zero-order chi connectivity index (χ0) is 18.0. The number of nitrogens with zero attached hydrogens (tertiary/aromatic N) is 4. The number of carboxylic acid groups (broad SMARTS) is 1. The third-order valence-corrected chi connectivity index (χ3v) is 3.26. The van der Waals surface area contributed by atoms with Gasteiger partial charge in [0.2, 0.25) is 0 Å². The zero-order valence-corrected chi connectivity index (χ0v) is 12.8. The smallest absolute Gasteiger partial charge is 0.433 e. The second-order valence-electron chi connectivity index (χ2n) is 5.31. The van der Waals surface area contributed by atoms with Crippen LogP contribution in [0, 0.1) is 16.0 Å². The molecule has 1 N–H and O–H groups in total. The number of hydrogen-bond donors (Lipinski definition) is 1. The number of nitro groups is 1. The molecule has 0 aliphatic carbocycles. The number of carboxylic acids is 1. The van der Waals surface area contributed by atoms with Gasteiger partial charge >= 0.3 is 17.9 Å². The minimum Gasteiger partial charge on any atom is -0.480 e. The number of imide groups is 1. The molecule has 1 aliphatic rings. The van der Waals surface area contributed by atoms with Crippen molar-refractivity contribution in [2.45, 2.75) is 19.9 Å². The molecule has 1 aromatic rings. The minimum absolute atomic E-state index is 0.0130. The topological polar surface area (TPSA) is 147 Å². The van der Waals surface area contributed by atoms with Crippen molar-refractivity contribution in [1.82, 2.24) is 9.91 Å². The molecule has 1 atom stereocenters. The molecule has 11 nitrogen and oxygen atoms in total. The minimum atomic E-state index is -1.30. The summed E-state index contributed by atoms with van der Waals surface area (Å²) in [6.07, 6.45) is 1.03. The monoisotopic (exact) mass is 338 g/mol. The van der Waals surface area contributed by atoms with Crippen LogP contribution in [0.4, 0.5) is 10.7 Å². The maximum absolute atomic E-state index is 12.2. The van der Waals surface area contributed by atoms with Crippen molar-refractivity contribution in [3.8, 4) is 0 Å². The quantitative estimate of drug-likeness (QED) is 0.350. The Morgan fingerprint density at radius 2 is 2.12 bits per heavy atom. The maximum Gasteiger partial charge on any atom is 0.433 e. The number of aliphatic carboxylic acids is 1. The van der Waals surface area contributed by atoms with E-state index >= 15 is 0 Å². The predicted octanol–water partition coefficient (Wildman–Crippen LogP) is 0.895. The van der Waals surface area contributed by atoms with Crippen LogP contribution in [-0.4, -0.2) is 56.6 Å². The van der Waals surface area contributed by atoms with Crippen LogP contribution in [0.3, 0.4) is 0 Å². The zero-order valence-electron chi connectivity index (χ0n) is 12.8. The Bertz CT molecular complexity index is 724. The molecule has 1 aliphatic heterocycles. The molecule has 2 heterocycles. The Morgan fingerprint density at radius 3 is 2.62 bits per heavy atom. The van der Waals surface area contributed by atoms with E-state index in [9.17, 15) is 29.6 Å². The molecule has 0 bridgehead atoms. The summed E-state index contributed by atoms with van der Waals surface area (Å²) in [5, 5.41) is 24.2. The summed E-state index contributed by atoms with van der Waals surface area (Å²) in [6, 6.07) is 0.216. The van der Waals surface area contributed by atoms with Gasteiger partial charge < -0.3 is 9.52 Å². The summed E-state index contributed by atoms with van der Waals surface area (Å²) < 4.78 is 4.84. The number of urea groups is 1. The highest BCUT2D eigenvalue weighted by Crippen LogP contribution is 2.20. The fraction of sp³-hybridized carbons (Fsp3) is 0.385. The number of hydrazone groups is 1. The molecule has 0 spiro atoms. The van der Waals surface area contributed by atoms with E-state index in [1.54, 1.807) is 13.8 Å². The van der Waals surface area contributed by atoms with Gasteiger partial charge in [0.1, 0.15) is 17.5 Å². The molecule has 0 aromatic carbocycles. The first-order chi connectivity index (χ1) is 11.2. The standard InChI is InChI=1S/C13H14N4O7/c1-7(2)11(12(19)20)16-9(18)6-15(13(16)21)14-5-8-3-4-10(24-8)17(22)23/h3-5,7,11H,6H2,1-2H3,(H,19,20). The Kier molecular flexibility index (Phi) is 4.62. The molecule has 11 heteroatoms. The van der Waals surface area contributed by atoms with E-state index in [0.717, 1.165) is 17.3 Å². The van der Waals surface area contributed by atoms with E-state index in [-0.39, 0.29) is 5.76 Å². The van der Waals surface area contributed by atoms with Crippen LogP contribution >= 0.6 is 0 Å². The van der Waals surface area contributed by atoms with E-state index in [1.165, 1.54) is 6.07 Å². The van der Waals surface area contributed by atoms with Gasteiger partial charge in [0.15, 0.2) is 5.76 Å². The van der Waals surface area contributed by atoms with Gasteiger partial charge in [-0.05, 0) is 12.0 Å². The summed E-state index contributed by atoms with van der Waals surface area (Å²) in [5.41, 5.74) is 0. The summed E-state index contributed by atoms with van der Waals surface area (Å²) >= 11 is 0. The number of amides is 3. The fourth-order valence-corrected chi connectivity index (χ4v) is 2.20. The fourth-order valence-electron chi connectivity index (χ4n) is 2.20. The van der Waals surface area contributed by atoms with Crippen LogP contribution in [0.15, 0.2) is 21.7 Å². The Labute approximate surface area is 135 Å². The third kappa shape index (κ3) is 3.24. The molecule has 1 unspecified atom stereocenters. The molecular formula is C13H14N4O7. The number of carbonyl (C=O) groups is 3. The average molecular weight is 338 g/mol. The predicted molar refractivity (Wildman–Crippen MR) is 78.2 cm³/mol. The van der Waals surface area contributed by atoms with Gasteiger partial charge in [-0.1, -0.05) is 13.8 Å². The largest absolute Gasteiger partial charge is 0.480 e. The normalized spacial score (nSPS) is 16.5. The van der Waals surface area contributed by atoms with Crippen LogP contribution in [0.1, 0.15) is 19.6 Å². The van der Waals surface area contributed by atoms with E-state index in [1.807, 2.05) is 0 Å². The summed E-state index contributed by atoms with van der Waals surface area (Å²) in [5.74, 6) is -2.94. The van der Waals surface area contributed by atoms with Crippen LogP contribution in [0.5, 0.6) is 0 Å². The van der Waals surface area contributed by atoms with Gasteiger partial charge in [-0.2, -0.15) is 5.10 Å². The van der Waals surface area contributed by atoms with E-state index in [2.05, 4.69) is 5.10 Å². The van der Waals surface area contributed by atoms with Crippen molar-refractivity contribution in [3.05, 3.63) is 28.0 Å². The first-order valence-electron chi connectivity index (χ1n) is 6.87. The molecule has 1 saturated heterocycles. The van der Waals surface area contributed by atoms with Crippen LogP contribution in [0.25, 0.3) is 0 Å². The summed E-state index contributed by atoms with van der Waals surface area (Å²) in [7, 11) is 0. The van der Waals surface area contributed by atoms with Gasteiger partial charge in [0.25, 0.3) is 5.91 Å². The number of hydrogen-bond acceptors (Lipinski definition) is 7. The van der Waals surface area contributed by atoms with Crippen molar-refractivity contribution in [2.24, 2.45) is 11.0 Å². The molecule has 1 fully saturated rings. The highest BCUT2D eigenvalue weighted by atomic mass is 16.6. The second kappa shape index (κ2) is 6.48. The third-order valence-electron chi connectivity index (χ3n) is 3.26. The van der Waals surface area contributed by atoms with Gasteiger partial charge in [-0.25, -0.2) is 19.5 Å². The van der Waals surface area contributed by atoms with Gasteiger partial charge in [-0.15, -0.1) is 0 Å². The van der Waals surface area contributed by atoms with Crippen molar-refractivity contribution in [2.75, 3.05) is 6.54 Å². The lowest BCUT2D eigenvalue weighted by Gasteiger charge is -2.24. The second-order valence-corrected chi connectivity index (χ2v) is 5.31. The summed E-state index contributed by atoms with van der Waals surface area (Å²) in [6.45, 7) is 2.73. The molecule has 3 amide bonds.